The van der Waals surface area contributed by atoms with Crippen LogP contribution < -0.4 is 5.32 Å². The highest BCUT2D eigenvalue weighted by Crippen LogP contribution is 2.37. The Hall–Kier alpha value is -4.28. The highest BCUT2D eigenvalue weighted by Gasteiger charge is 2.20. The number of nitrogens with zero attached hydrogens (tertiary/aromatic N) is 4. The summed E-state index contributed by atoms with van der Waals surface area (Å²) in [6.45, 7) is 4.16. The number of nitrogens with one attached hydrogen (secondary N) is 3. The second-order valence-electron chi connectivity index (χ2n) is 8.97. The number of H-pyrrole nitrogens is 2. The Labute approximate surface area is 215 Å². The molecule has 5 aromatic heterocycles. The predicted molar refractivity (Wildman–Crippen MR) is 145 cm³/mol. The molecule has 0 radical (unpaired) electrons. The van der Waals surface area contributed by atoms with Crippen LogP contribution in [0, 0.1) is 6.92 Å². The van der Waals surface area contributed by atoms with Crippen molar-refractivity contribution in [3.63, 3.8) is 0 Å². The van der Waals surface area contributed by atoms with E-state index < -0.39 is 11.1 Å². The van der Waals surface area contributed by atoms with Gasteiger partial charge in [-0.1, -0.05) is 30.3 Å². The summed E-state index contributed by atoms with van der Waals surface area (Å²) in [5.74, 6) is 0.547. The van der Waals surface area contributed by atoms with Crippen molar-refractivity contribution in [3.8, 4) is 22.3 Å². The van der Waals surface area contributed by atoms with E-state index in [9.17, 15) is 8.76 Å². The first-order chi connectivity index (χ1) is 18.0. The zero-order chi connectivity index (χ0) is 25.5. The van der Waals surface area contributed by atoms with Crippen LogP contribution in [0.3, 0.4) is 0 Å². The number of hydrogen-bond donors (Lipinski definition) is 3. The van der Waals surface area contributed by atoms with Gasteiger partial charge in [-0.15, -0.1) is 0 Å². The summed E-state index contributed by atoms with van der Waals surface area (Å²) in [4.78, 5) is 20.3. The molecule has 0 saturated heterocycles. The Morgan fingerprint density at radius 3 is 2.73 bits per heavy atom. The van der Waals surface area contributed by atoms with Crippen molar-refractivity contribution in [3.05, 3.63) is 84.8 Å². The van der Waals surface area contributed by atoms with E-state index in [-0.39, 0.29) is 11.9 Å². The molecule has 0 saturated carbocycles. The van der Waals surface area contributed by atoms with E-state index in [0.717, 1.165) is 44.4 Å². The van der Waals surface area contributed by atoms with Gasteiger partial charge in [0.05, 0.1) is 17.3 Å². The van der Waals surface area contributed by atoms with Crippen molar-refractivity contribution < 1.29 is 8.76 Å². The number of fused-ring (bicyclic) bond motifs is 2. The number of rotatable bonds is 7. The smallest absolute Gasteiger partial charge is 0.143 e. The first-order valence-electron chi connectivity index (χ1n) is 11.8. The molecule has 3 N–H and O–H groups in total. The first kappa shape index (κ1) is 23.1. The zero-order valence-electron chi connectivity index (χ0n) is 20.2. The molecule has 0 aliphatic carbocycles. The summed E-state index contributed by atoms with van der Waals surface area (Å²) in [5.41, 5.74) is 7.57. The molecule has 9 nitrogen and oxygen atoms in total. The third kappa shape index (κ3) is 4.20. The van der Waals surface area contributed by atoms with Gasteiger partial charge in [0.1, 0.15) is 23.4 Å². The van der Waals surface area contributed by atoms with E-state index in [1.165, 1.54) is 6.33 Å². The van der Waals surface area contributed by atoms with Crippen LogP contribution in [-0.4, -0.2) is 38.2 Å². The number of aryl methyl sites for hydroxylation is 1. The van der Waals surface area contributed by atoms with Crippen LogP contribution in [-0.2, 0) is 17.0 Å². The second kappa shape index (κ2) is 9.30. The molecule has 0 aliphatic heterocycles. The summed E-state index contributed by atoms with van der Waals surface area (Å²) in [6.07, 6.45) is 6.87. The van der Waals surface area contributed by atoms with Crippen LogP contribution >= 0.6 is 0 Å². The molecule has 6 rings (SSSR count). The maximum absolute atomic E-state index is 11.3. The molecule has 5 heterocycles. The summed E-state index contributed by atoms with van der Waals surface area (Å²) in [5, 5.41) is 5.30. The van der Waals surface area contributed by atoms with Gasteiger partial charge in [-0.05, 0) is 54.3 Å². The average molecular weight is 511 g/mol. The van der Waals surface area contributed by atoms with E-state index in [1.807, 2.05) is 36.5 Å². The monoisotopic (exact) mass is 510 g/mol. The summed E-state index contributed by atoms with van der Waals surface area (Å²) in [6, 6.07) is 16.2. The number of aromatic nitrogens is 6. The van der Waals surface area contributed by atoms with Gasteiger partial charge in [-0.2, -0.15) is 0 Å². The molecule has 0 fully saturated rings. The Kier molecular flexibility index (Phi) is 5.82. The maximum atomic E-state index is 11.3. The lowest BCUT2D eigenvalue weighted by Crippen LogP contribution is -2.10. The van der Waals surface area contributed by atoms with E-state index in [0.29, 0.717) is 17.1 Å². The van der Waals surface area contributed by atoms with Crippen LogP contribution in [0.1, 0.15) is 24.4 Å². The quantitative estimate of drug-likeness (QED) is 0.251. The van der Waals surface area contributed by atoms with Gasteiger partial charge < -0.3 is 24.4 Å². The molecule has 6 aromatic rings. The van der Waals surface area contributed by atoms with Crippen molar-refractivity contribution in [1.29, 1.82) is 0 Å². The van der Waals surface area contributed by atoms with Crippen LogP contribution in [0.5, 0.6) is 0 Å². The van der Waals surface area contributed by atoms with Gasteiger partial charge in [-0.3, -0.25) is 4.21 Å². The van der Waals surface area contributed by atoms with Gasteiger partial charge in [-0.25, -0.2) is 15.0 Å². The number of hydrogen-bond acceptors (Lipinski definition) is 6. The highest BCUT2D eigenvalue weighted by molar-refractivity contribution is 7.78. The third-order valence-electron chi connectivity index (χ3n) is 6.52. The first-order valence-corrected chi connectivity index (χ1v) is 13.1. The topological polar surface area (TPSA) is 127 Å². The van der Waals surface area contributed by atoms with Gasteiger partial charge >= 0.3 is 0 Å². The van der Waals surface area contributed by atoms with Crippen molar-refractivity contribution >= 4 is 39.0 Å². The largest absolute Gasteiger partial charge is 0.771 e. The fourth-order valence-electron chi connectivity index (χ4n) is 4.91. The lowest BCUT2D eigenvalue weighted by atomic mass is 10.0. The molecular weight excluding hydrogens is 486 g/mol. The SMILES string of the molecule is Cc1cc(-c2ccccc2)c([C@H](C)Nc2ncnc3[nH]cc(-c4ccnc5c4ccn5CS(=O)[O-])c23)[nH]1. The van der Waals surface area contributed by atoms with Crippen molar-refractivity contribution in [2.75, 3.05) is 5.32 Å². The van der Waals surface area contributed by atoms with Gasteiger partial charge in [0.2, 0.25) is 0 Å². The maximum Gasteiger partial charge on any atom is 0.143 e. The second-order valence-corrected chi connectivity index (χ2v) is 9.84. The minimum Gasteiger partial charge on any atom is -0.771 e. The molecule has 186 valence electrons. The fraction of sp³-hybridized carbons (Fsp3) is 0.148. The van der Waals surface area contributed by atoms with Gasteiger partial charge in [0.15, 0.2) is 0 Å². The molecule has 1 unspecified atom stereocenters. The molecule has 0 aliphatic rings. The number of aromatic amines is 2. The Bertz CT molecular complexity index is 1750. The van der Waals surface area contributed by atoms with Gasteiger partial charge in [0.25, 0.3) is 0 Å². The predicted octanol–water partition coefficient (Wildman–Crippen LogP) is 5.29. The minimum absolute atomic E-state index is 0.0738. The van der Waals surface area contributed by atoms with Crippen LogP contribution in [0.25, 0.3) is 44.3 Å². The van der Waals surface area contributed by atoms with Crippen molar-refractivity contribution in [2.24, 2.45) is 0 Å². The molecule has 37 heavy (non-hydrogen) atoms. The lowest BCUT2D eigenvalue weighted by Gasteiger charge is -2.17. The lowest BCUT2D eigenvalue weighted by molar-refractivity contribution is 0.527. The molecule has 0 spiro atoms. The van der Waals surface area contributed by atoms with E-state index in [4.69, 9.17) is 0 Å². The Morgan fingerprint density at radius 2 is 1.92 bits per heavy atom. The summed E-state index contributed by atoms with van der Waals surface area (Å²) in [7, 11) is 0. The Balaban J connectivity index is 1.43. The normalized spacial score (nSPS) is 13.3. The average Bonchev–Trinajstić information content (AvgIpc) is 3.62. The van der Waals surface area contributed by atoms with Crippen LogP contribution in [0.4, 0.5) is 5.82 Å². The number of pyridine rings is 1. The zero-order valence-corrected chi connectivity index (χ0v) is 21.0. The van der Waals surface area contributed by atoms with Crippen LogP contribution in [0.2, 0.25) is 0 Å². The van der Waals surface area contributed by atoms with E-state index in [2.05, 4.69) is 62.3 Å². The fourth-order valence-corrected chi connectivity index (χ4v) is 5.35. The third-order valence-corrected chi connectivity index (χ3v) is 7.01. The molecular formula is C27H24N7O2S-. The van der Waals surface area contributed by atoms with Crippen molar-refractivity contribution in [1.82, 2.24) is 29.5 Å². The minimum atomic E-state index is -2.23. The van der Waals surface area contributed by atoms with Crippen LogP contribution in [0.15, 0.2) is 73.4 Å². The number of anilines is 1. The molecule has 0 amide bonds. The summed E-state index contributed by atoms with van der Waals surface area (Å²) < 4.78 is 24.2. The van der Waals surface area contributed by atoms with E-state index in [1.54, 1.807) is 17.0 Å². The van der Waals surface area contributed by atoms with Crippen molar-refractivity contribution in [2.45, 2.75) is 25.8 Å². The molecule has 10 heteroatoms. The van der Waals surface area contributed by atoms with E-state index >= 15 is 0 Å². The van der Waals surface area contributed by atoms with Gasteiger partial charge in [0, 0.05) is 46.5 Å². The highest BCUT2D eigenvalue weighted by atomic mass is 32.2. The number of benzene rings is 1. The Morgan fingerprint density at radius 1 is 1.08 bits per heavy atom. The summed E-state index contributed by atoms with van der Waals surface area (Å²) >= 11 is -2.23. The molecule has 0 bridgehead atoms. The molecule has 2 atom stereocenters. The standard InChI is InChI=1S/C27H25N7O2S/c1-16-12-21(18-6-4-3-5-7-18)24(32-16)17(2)33-26-23-22(13-29-25(23)30-14-31-26)19-8-10-28-27-20(19)9-11-34(27)15-37(35)36/h3-14,17,32H,15H2,1-2H3,(H,35,36)(H2,29,30,31,33)/p-1/t17-/m0/s1. The molecule has 1 aromatic carbocycles.